The van der Waals surface area contributed by atoms with Crippen LogP contribution < -0.4 is 4.90 Å². The van der Waals surface area contributed by atoms with Gasteiger partial charge in [0.1, 0.15) is 5.82 Å². The minimum atomic E-state index is -2.26. The maximum atomic E-state index is 14.0. The van der Waals surface area contributed by atoms with Gasteiger partial charge in [0.15, 0.2) is 0 Å². The number of fused-ring (bicyclic) bond motifs is 3. The van der Waals surface area contributed by atoms with E-state index in [1.807, 2.05) is 19.1 Å². The molecule has 0 radical (unpaired) electrons. The second kappa shape index (κ2) is 7.41. The van der Waals surface area contributed by atoms with Crippen LogP contribution in [0.5, 0.6) is 0 Å². The van der Waals surface area contributed by atoms with Gasteiger partial charge in [0.2, 0.25) is 29.0 Å². The Morgan fingerprint density at radius 1 is 0.886 bits per heavy atom. The van der Waals surface area contributed by atoms with Gasteiger partial charge >= 0.3 is 0 Å². The third-order valence-electron chi connectivity index (χ3n) is 7.07. The normalized spacial score (nSPS) is 27.2. The third kappa shape index (κ3) is 2.79. The molecule has 1 unspecified atom stereocenters. The van der Waals surface area contributed by atoms with Gasteiger partial charge < -0.3 is 4.74 Å². The van der Waals surface area contributed by atoms with Gasteiger partial charge in [-0.3, -0.25) is 19.2 Å². The van der Waals surface area contributed by atoms with Crippen LogP contribution in [-0.2, 0) is 14.3 Å². The fraction of sp³-hybridized carbons (Fsp3) is 0.185. The number of halogens is 2. The van der Waals surface area contributed by atoms with E-state index in [-0.39, 0.29) is 21.8 Å². The Morgan fingerprint density at radius 3 is 2.29 bits per heavy atom. The first-order valence-electron chi connectivity index (χ1n) is 11.0. The summed E-state index contributed by atoms with van der Waals surface area (Å²) in [6.07, 6.45) is -1.04. The van der Waals surface area contributed by atoms with E-state index in [4.69, 9.17) is 16.3 Å². The summed E-state index contributed by atoms with van der Waals surface area (Å²) in [5.74, 6) is -6.19. The first kappa shape index (κ1) is 21.8. The predicted octanol–water partition coefficient (Wildman–Crippen LogP) is 4.48. The number of hydrogen-bond donors (Lipinski definition) is 0. The fourth-order valence-electron chi connectivity index (χ4n) is 5.47. The van der Waals surface area contributed by atoms with E-state index in [2.05, 4.69) is 0 Å². The molecule has 3 aromatic rings. The Balaban J connectivity index is 1.56. The molecule has 0 aromatic heterocycles. The molecule has 8 heteroatoms. The molecule has 0 N–H and O–H groups in total. The van der Waals surface area contributed by atoms with Crippen molar-refractivity contribution in [1.82, 2.24) is 0 Å². The minimum absolute atomic E-state index is 0.0313. The minimum Gasteiger partial charge on any atom is -0.349 e. The van der Waals surface area contributed by atoms with Crippen molar-refractivity contribution in [3.8, 4) is 0 Å². The lowest BCUT2D eigenvalue weighted by atomic mass is 9.77. The van der Waals surface area contributed by atoms with Gasteiger partial charge in [-0.25, -0.2) is 9.29 Å². The van der Waals surface area contributed by atoms with Crippen LogP contribution >= 0.6 is 11.6 Å². The van der Waals surface area contributed by atoms with E-state index in [1.54, 1.807) is 30.3 Å². The number of para-hydroxylation sites is 1. The molecule has 6 nitrogen and oxygen atoms in total. The summed E-state index contributed by atoms with van der Waals surface area (Å²) in [5, 5.41) is 0.172. The van der Waals surface area contributed by atoms with Crippen molar-refractivity contribution in [3.63, 3.8) is 0 Å². The molecule has 2 saturated heterocycles. The van der Waals surface area contributed by atoms with E-state index in [9.17, 15) is 23.6 Å². The van der Waals surface area contributed by atoms with Crippen LogP contribution in [0.3, 0.4) is 0 Å². The number of anilines is 1. The number of carbonyl (C=O) groups excluding carboxylic acids is 4. The quantitative estimate of drug-likeness (QED) is 0.391. The van der Waals surface area contributed by atoms with E-state index in [0.29, 0.717) is 5.56 Å². The second-order valence-corrected chi connectivity index (χ2v) is 9.41. The number of rotatable bonds is 2. The number of amides is 2. The molecule has 4 atom stereocenters. The highest BCUT2D eigenvalue weighted by molar-refractivity contribution is 6.39. The second-order valence-electron chi connectivity index (χ2n) is 9.00. The molecule has 2 aliphatic heterocycles. The lowest BCUT2D eigenvalue weighted by Crippen LogP contribution is -2.51. The van der Waals surface area contributed by atoms with Crippen molar-refractivity contribution < 1.29 is 28.3 Å². The van der Waals surface area contributed by atoms with Crippen molar-refractivity contribution in [3.05, 3.63) is 99.8 Å². The molecule has 0 bridgehead atoms. The van der Waals surface area contributed by atoms with E-state index in [0.717, 1.165) is 22.6 Å². The number of imide groups is 1. The van der Waals surface area contributed by atoms with Crippen molar-refractivity contribution in [2.75, 3.05) is 4.90 Å². The average Bonchev–Trinajstić information content (AvgIpc) is 3.40. The summed E-state index contributed by atoms with van der Waals surface area (Å²) in [6.45, 7) is 1.89. The van der Waals surface area contributed by atoms with Gasteiger partial charge in [-0.15, -0.1) is 0 Å². The first-order chi connectivity index (χ1) is 16.8. The van der Waals surface area contributed by atoms with Crippen LogP contribution in [0.15, 0.2) is 66.7 Å². The molecule has 2 heterocycles. The Bertz CT molecular complexity index is 1470. The topological polar surface area (TPSA) is 80.8 Å². The van der Waals surface area contributed by atoms with Gasteiger partial charge in [0, 0.05) is 11.1 Å². The van der Waals surface area contributed by atoms with E-state index in [1.165, 1.54) is 12.1 Å². The summed E-state index contributed by atoms with van der Waals surface area (Å²) in [5.41, 5.74) is -0.782. The lowest BCUT2D eigenvalue weighted by molar-refractivity contribution is -0.127. The van der Waals surface area contributed by atoms with Crippen molar-refractivity contribution in [2.45, 2.75) is 18.6 Å². The maximum absolute atomic E-state index is 14.0. The summed E-state index contributed by atoms with van der Waals surface area (Å²) < 4.78 is 20.2. The molecule has 2 fully saturated rings. The molecule has 3 aliphatic rings. The van der Waals surface area contributed by atoms with Gasteiger partial charge in [0.05, 0.1) is 28.6 Å². The van der Waals surface area contributed by atoms with Crippen molar-refractivity contribution >= 4 is 40.7 Å². The highest BCUT2D eigenvalue weighted by Gasteiger charge is 2.74. The van der Waals surface area contributed by atoms with Crippen LogP contribution in [-0.4, -0.2) is 29.0 Å². The molecule has 2 amide bonds. The smallest absolute Gasteiger partial charge is 0.241 e. The van der Waals surface area contributed by atoms with Gasteiger partial charge in [-0.1, -0.05) is 53.6 Å². The molecule has 1 spiro atoms. The highest BCUT2D eigenvalue weighted by Crippen LogP contribution is 2.58. The Hall–Kier alpha value is -3.68. The van der Waals surface area contributed by atoms with Crippen LogP contribution in [0.25, 0.3) is 0 Å². The summed E-state index contributed by atoms with van der Waals surface area (Å²) in [4.78, 5) is 55.9. The molecular weight excluding hydrogens is 473 g/mol. The fourth-order valence-corrected chi connectivity index (χ4v) is 5.69. The largest absolute Gasteiger partial charge is 0.349 e. The first-order valence-corrected chi connectivity index (χ1v) is 11.4. The standard InChI is InChI=1S/C27H17ClFNO5/c1-13-6-8-14(9-7-13)22-20-21(26(34)30(25(20)33)19-5-3-2-4-18(19)28)27(35-22)23(31)16-11-10-15(29)12-17(16)24(27)32/h2-12,20-22H,1H3/t20-,21-,22-,27?/m1/s1. The number of aryl methyl sites for hydroxylation is 1. The molecule has 3 aromatic carbocycles. The van der Waals surface area contributed by atoms with E-state index < -0.39 is 52.7 Å². The molecular formula is C27H17ClFNO5. The number of ketones is 2. The number of Topliss-reactive ketones (excluding diaryl/α,β-unsaturated/α-hetero) is 2. The molecule has 6 rings (SSSR count). The summed E-state index contributed by atoms with van der Waals surface area (Å²) in [6, 6.07) is 16.7. The SMILES string of the molecule is Cc1ccc([C@H]2OC3(C(=O)c4ccc(F)cc4C3=O)[C@H]3C(=O)N(c4ccccc4Cl)C(=O)[C@@H]23)cc1. The van der Waals surface area contributed by atoms with Crippen molar-refractivity contribution in [2.24, 2.45) is 11.8 Å². The van der Waals surface area contributed by atoms with Gasteiger partial charge in [-0.05, 0) is 42.8 Å². The molecule has 35 heavy (non-hydrogen) atoms. The molecule has 1 aliphatic carbocycles. The number of benzene rings is 3. The zero-order valence-electron chi connectivity index (χ0n) is 18.3. The van der Waals surface area contributed by atoms with Crippen LogP contribution in [0.2, 0.25) is 5.02 Å². The van der Waals surface area contributed by atoms with Crippen LogP contribution in [0.4, 0.5) is 10.1 Å². The maximum Gasteiger partial charge on any atom is 0.241 e. The van der Waals surface area contributed by atoms with Gasteiger partial charge in [0.25, 0.3) is 0 Å². The number of ether oxygens (including phenoxy) is 1. The van der Waals surface area contributed by atoms with Crippen molar-refractivity contribution in [1.29, 1.82) is 0 Å². The summed E-state index contributed by atoms with van der Waals surface area (Å²) in [7, 11) is 0. The molecule has 0 saturated carbocycles. The van der Waals surface area contributed by atoms with Gasteiger partial charge in [-0.2, -0.15) is 0 Å². The number of hydrogen-bond acceptors (Lipinski definition) is 5. The zero-order valence-corrected chi connectivity index (χ0v) is 19.1. The Labute approximate surface area is 204 Å². The monoisotopic (exact) mass is 489 g/mol. The van der Waals surface area contributed by atoms with Crippen LogP contribution in [0, 0.1) is 24.6 Å². The molecule has 174 valence electrons. The van der Waals surface area contributed by atoms with E-state index >= 15 is 0 Å². The highest BCUT2D eigenvalue weighted by atomic mass is 35.5. The third-order valence-corrected chi connectivity index (χ3v) is 7.39. The zero-order chi connectivity index (χ0) is 24.6. The number of nitrogens with zero attached hydrogens (tertiary/aromatic N) is 1. The average molecular weight is 490 g/mol. The Morgan fingerprint density at radius 2 is 1.57 bits per heavy atom. The lowest BCUT2D eigenvalue weighted by Gasteiger charge is -2.27. The Kier molecular flexibility index (Phi) is 4.62. The van der Waals surface area contributed by atoms with Crippen LogP contribution in [0.1, 0.15) is 37.9 Å². The number of carbonyl (C=O) groups is 4. The predicted molar refractivity (Wildman–Crippen MR) is 124 cm³/mol. The summed E-state index contributed by atoms with van der Waals surface area (Å²) >= 11 is 6.31.